The van der Waals surface area contributed by atoms with Crippen LogP contribution in [0.4, 0.5) is 5.69 Å². The number of para-hydroxylation sites is 1. The van der Waals surface area contributed by atoms with Gasteiger partial charge in [0.1, 0.15) is 11.0 Å². The number of rotatable bonds is 5. The lowest BCUT2D eigenvalue weighted by Gasteiger charge is -2.45. The van der Waals surface area contributed by atoms with E-state index in [1.807, 2.05) is 32.0 Å². The van der Waals surface area contributed by atoms with Gasteiger partial charge in [-0.2, -0.15) is 0 Å². The van der Waals surface area contributed by atoms with E-state index >= 15 is 0 Å². The molecule has 2 fully saturated rings. The van der Waals surface area contributed by atoms with E-state index in [0.717, 1.165) is 16.9 Å². The molecule has 0 N–H and O–H groups in total. The molecule has 0 aliphatic carbocycles. The van der Waals surface area contributed by atoms with Crippen molar-refractivity contribution in [3.63, 3.8) is 0 Å². The Bertz CT molecular complexity index is 1170. The first-order chi connectivity index (χ1) is 15.8. The molecule has 3 aliphatic heterocycles. The van der Waals surface area contributed by atoms with E-state index in [4.69, 9.17) is 14.4 Å². The van der Waals surface area contributed by atoms with E-state index < -0.39 is 33.7 Å². The number of carbonyl (C=O) groups is 1. The van der Waals surface area contributed by atoms with E-state index in [-0.39, 0.29) is 16.8 Å². The summed E-state index contributed by atoms with van der Waals surface area (Å²) in [5.41, 5.74) is 1.03. The molecule has 2 aromatic rings. The quantitative estimate of drug-likeness (QED) is 0.590. The lowest BCUT2D eigenvalue weighted by Crippen LogP contribution is -2.59. The average Bonchev–Trinajstić information content (AvgIpc) is 3.33. The summed E-state index contributed by atoms with van der Waals surface area (Å²) in [7, 11) is -2.58. The van der Waals surface area contributed by atoms with Gasteiger partial charge in [0.25, 0.3) is 10.0 Å². The fourth-order valence-electron chi connectivity index (χ4n) is 5.05. The van der Waals surface area contributed by atoms with Gasteiger partial charge in [0, 0.05) is 18.4 Å². The van der Waals surface area contributed by atoms with E-state index in [0.29, 0.717) is 12.1 Å². The SMILES string of the molecule is CCS[C@H]1C[C@H]2N(S(=O)(=O)c3ccc(C)cc3)c3ccccc3[C@]23C[C@@H](C(=O)OC)ON3O1. The zero-order valence-electron chi connectivity index (χ0n) is 18.6. The molecule has 0 bridgehead atoms. The number of esters is 1. The van der Waals surface area contributed by atoms with Crippen molar-refractivity contribution in [1.29, 1.82) is 0 Å². The topological polar surface area (TPSA) is 85.4 Å². The normalized spacial score (nSPS) is 28.8. The van der Waals surface area contributed by atoms with Gasteiger partial charge in [-0.15, -0.1) is 11.8 Å². The van der Waals surface area contributed by atoms with Crippen molar-refractivity contribution in [3.05, 3.63) is 59.7 Å². The van der Waals surface area contributed by atoms with Gasteiger partial charge in [-0.1, -0.05) is 48.0 Å². The second-order valence-corrected chi connectivity index (χ2v) is 11.6. The Morgan fingerprint density at radius 1 is 1.18 bits per heavy atom. The molecule has 0 radical (unpaired) electrons. The Kier molecular flexibility index (Phi) is 5.69. The first kappa shape index (κ1) is 22.7. The number of aryl methyl sites for hydroxylation is 1. The summed E-state index contributed by atoms with van der Waals surface area (Å²) in [6, 6.07) is 13.7. The van der Waals surface area contributed by atoms with E-state index in [9.17, 15) is 13.2 Å². The van der Waals surface area contributed by atoms with Crippen LogP contribution in [0.15, 0.2) is 53.4 Å². The summed E-state index contributed by atoms with van der Waals surface area (Å²) in [6.45, 7) is 3.93. The molecule has 33 heavy (non-hydrogen) atoms. The molecule has 2 saturated heterocycles. The molecule has 3 heterocycles. The smallest absolute Gasteiger partial charge is 0.337 e. The van der Waals surface area contributed by atoms with Gasteiger partial charge in [0.2, 0.25) is 0 Å². The summed E-state index contributed by atoms with van der Waals surface area (Å²) in [6.07, 6.45) is -0.213. The number of hydrogen-bond donors (Lipinski definition) is 0. The molecule has 2 aromatic carbocycles. The minimum absolute atomic E-state index is 0.223. The number of nitrogens with zero attached hydrogens (tertiary/aromatic N) is 2. The summed E-state index contributed by atoms with van der Waals surface area (Å²) < 4.78 is 34.5. The molecular formula is C23H26N2O6S2. The van der Waals surface area contributed by atoms with Crippen molar-refractivity contribution in [1.82, 2.24) is 5.23 Å². The molecule has 10 heteroatoms. The van der Waals surface area contributed by atoms with Crippen LogP contribution in [-0.4, -0.2) is 50.1 Å². The molecule has 4 atom stereocenters. The zero-order valence-corrected chi connectivity index (χ0v) is 20.3. The van der Waals surface area contributed by atoms with E-state index in [1.165, 1.54) is 16.6 Å². The van der Waals surface area contributed by atoms with Crippen LogP contribution in [0, 0.1) is 6.92 Å². The van der Waals surface area contributed by atoms with E-state index in [1.54, 1.807) is 42.1 Å². The van der Waals surface area contributed by atoms with Gasteiger partial charge >= 0.3 is 5.97 Å². The maximum atomic E-state index is 14.0. The second-order valence-electron chi connectivity index (χ2n) is 8.38. The molecule has 0 saturated carbocycles. The van der Waals surface area contributed by atoms with Crippen molar-refractivity contribution in [2.75, 3.05) is 17.2 Å². The number of ether oxygens (including phenoxy) is 1. The Balaban J connectivity index is 1.68. The Morgan fingerprint density at radius 2 is 1.91 bits per heavy atom. The first-order valence-electron chi connectivity index (χ1n) is 10.9. The number of anilines is 1. The third-order valence-electron chi connectivity index (χ3n) is 6.51. The zero-order chi connectivity index (χ0) is 23.4. The summed E-state index contributed by atoms with van der Waals surface area (Å²) in [5, 5.41) is 1.37. The molecule has 3 aliphatic rings. The van der Waals surface area contributed by atoms with E-state index in [2.05, 4.69) is 0 Å². The van der Waals surface area contributed by atoms with Gasteiger partial charge < -0.3 is 4.74 Å². The van der Waals surface area contributed by atoms with Crippen LogP contribution in [0.25, 0.3) is 0 Å². The molecule has 176 valence electrons. The minimum atomic E-state index is -3.89. The van der Waals surface area contributed by atoms with Crippen molar-refractivity contribution >= 4 is 33.4 Å². The third-order valence-corrected chi connectivity index (χ3v) is 9.33. The fourth-order valence-corrected chi connectivity index (χ4v) is 7.60. The van der Waals surface area contributed by atoms with Crippen molar-refractivity contribution < 1.29 is 27.6 Å². The minimum Gasteiger partial charge on any atom is -0.467 e. The van der Waals surface area contributed by atoms with Crippen molar-refractivity contribution in [3.8, 4) is 0 Å². The number of hydroxylamine groups is 2. The summed E-state index contributed by atoms with van der Waals surface area (Å²) in [4.78, 5) is 24.8. The molecule has 0 amide bonds. The van der Waals surface area contributed by atoms with Crippen molar-refractivity contribution in [2.45, 2.75) is 54.7 Å². The molecule has 8 nitrogen and oxygen atoms in total. The number of benzene rings is 2. The van der Waals surface area contributed by atoms with Gasteiger partial charge in [-0.3, -0.25) is 14.0 Å². The largest absolute Gasteiger partial charge is 0.467 e. The maximum Gasteiger partial charge on any atom is 0.337 e. The molecular weight excluding hydrogens is 464 g/mol. The predicted octanol–water partition coefficient (Wildman–Crippen LogP) is 3.36. The summed E-state index contributed by atoms with van der Waals surface area (Å²) in [5.74, 6) is 0.272. The van der Waals surface area contributed by atoms with Crippen LogP contribution in [0.3, 0.4) is 0 Å². The van der Waals surface area contributed by atoms with Crippen LogP contribution < -0.4 is 4.31 Å². The standard InChI is InChI=1S/C23H26N2O6S2/c1-4-32-21-13-20-23(14-19(22(26)29-3)30-25(23)31-21)17-7-5-6-8-18(17)24(20)33(27,28)16-11-9-15(2)10-12-16/h5-12,19-21H,4,13-14H2,1-3H3/t19-,20+,21-,23+/m0/s1. The number of hydrogen-bond acceptors (Lipinski definition) is 8. The Hall–Kier alpha value is -2.11. The highest BCUT2D eigenvalue weighted by molar-refractivity contribution is 7.99. The lowest BCUT2D eigenvalue weighted by atomic mass is 9.80. The number of fused-ring (bicyclic) bond motifs is 1. The van der Waals surface area contributed by atoms with Crippen LogP contribution in [0.1, 0.15) is 30.9 Å². The molecule has 1 spiro atoms. The lowest BCUT2D eigenvalue weighted by molar-refractivity contribution is -0.412. The number of methoxy groups -OCH3 is 1. The van der Waals surface area contributed by atoms with Crippen LogP contribution in [0.5, 0.6) is 0 Å². The van der Waals surface area contributed by atoms with Crippen molar-refractivity contribution in [2.24, 2.45) is 0 Å². The van der Waals surface area contributed by atoms with Gasteiger partial charge in [-0.25, -0.2) is 13.2 Å². The number of thioether (sulfide) groups is 1. The van der Waals surface area contributed by atoms with Crippen LogP contribution >= 0.6 is 11.8 Å². The second kappa shape index (κ2) is 8.28. The Labute approximate surface area is 197 Å². The van der Waals surface area contributed by atoms with Crippen LogP contribution in [-0.2, 0) is 34.8 Å². The monoisotopic (exact) mass is 490 g/mol. The van der Waals surface area contributed by atoms with Crippen LogP contribution in [0.2, 0.25) is 0 Å². The van der Waals surface area contributed by atoms with Gasteiger partial charge in [0.15, 0.2) is 6.10 Å². The van der Waals surface area contributed by atoms with Gasteiger partial charge in [-0.05, 0) is 30.9 Å². The maximum absolute atomic E-state index is 14.0. The first-order valence-corrected chi connectivity index (χ1v) is 13.4. The highest BCUT2D eigenvalue weighted by atomic mass is 32.2. The Morgan fingerprint density at radius 3 is 2.61 bits per heavy atom. The molecule has 0 unspecified atom stereocenters. The molecule has 5 rings (SSSR count). The highest BCUT2D eigenvalue weighted by Gasteiger charge is 2.67. The average molecular weight is 491 g/mol. The predicted molar refractivity (Wildman–Crippen MR) is 124 cm³/mol. The highest BCUT2D eigenvalue weighted by Crippen LogP contribution is 2.59. The summed E-state index contributed by atoms with van der Waals surface area (Å²) >= 11 is 1.57. The fraction of sp³-hybridized carbons (Fsp3) is 0.435. The number of carbonyl (C=O) groups excluding carboxylic acids is 1. The third kappa shape index (κ3) is 3.38. The van der Waals surface area contributed by atoms with Gasteiger partial charge in [0.05, 0.1) is 23.7 Å². The molecule has 0 aromatic heterocycles. The number of sulfonamides is 1.